The summed E-state index contributed by atoms with van der Waals surface area (Å²) in [5.41, 5.74) is 5.69. The number of nitrogens with zero attached hydrogens (tertiary/aromatic N) is 3. The molecule has 0 aliphatic carbocycles. The molecule has 0 amide bonds. The molecule has 0 aromatic carbocycles. The van der Waals surface area contributed by atoms with Gasteiger partial charge in [0.25, 0.3) is 5.56 Å². The summed E-state index contributed by atoms with van der Waals surface area (Å²) in [5, 5.41) is 0. The fourth-order valence-electron chi connectivity index (χ4n) is 1.11. The monoisotopic (exact) mass is 177 g/mol. The smallest absolute Gasteiger partial charge is 0.278 e. The minimum atomic E-state index is -0.320. The van der Waals surface area contributed by atoms with Crippen LogP contribution in [0.25, 0.3) is 17.4 Å². The van der Waals surface area contributed by atoms with Crippen LogP contribution in [0.15, 0.2) is 17.7 Å². The molecule has 0 atom stereocenters. The lowest BCUT2D eigenvalue weighted by Gasteiger charge is -1.94. The number of imidazole rings is 1. The maximum atomic E-state index is 11.4. The van der Waals surface area contributed by atoms with Crippen LogP contribution in [0.4, 0.5) is 5.95 Å². The highest BCUT2D eigenvalue weighted by Gasteiger charge is 2.06. The number of H-pyrrole nitrogens is 1. The lowest BCUT2D eigenvalue weighted by atomic mass is 10.5. The highest BCUT2D eigenvalue weighted by atomic mass is 16.1. The molecule has 0 aliphatic heterocycles. The van der Waals surface area contributed by atoms with E-state index in [1.54, 1.807) is 0 Å². The van der Waals surface area contributed by atoms with Gasteiger partial charge in [-0.3, -0.25) is 9.78 Å². The molecule has 0 fully saturated rings. The minimum absolute atomic E-state index is 0.0619. The Morgan fingerprint density at radius 3 is 3.15 bits per heavy atom. The summed E-state index contributed by atoms with van der Waals surface area (Å²) in [6.07, 6.45) is 2.93. The predicted octanol–water partition coefficient (Wildman–Crippen LogP) is -0.198. The number of nitrogen functional groups attached to an aromatic ring is 1. The van der Waals surface area contributed by atoms with Gasteiger partial charge in [0.2, 0.25) is 5.95 Å². The van der Waals surface area contributed by atoms with Gasteiger partial charge < -0.3 is 10.3 Å². The minimum Gasteiger partial charge on any atom is -0.369 e. The summed E-state index contributed by atoms with van der Waals surface area (Å²) in [4.78, 5) is 21.5. The standard InChI is InChI=1S/C7H7N5O/c1-2-12-3-9-5-4(12)6(13)11-7(8)10-5/h2-3H,1H2,(H3,8,10,11,13). The first-order valence-electron chi connectivity index (χ1n) is 3.57. The van der Waals surface area contributed by atoms with E-state index in [-0.39, 0.29) is 11.5 Å². The molecule has 0 saturated carbocycles. The molecule has 0 aliphatic rings. The molecule has 3 N–H and O–H groups in total. The van der Waals surface area contributed by atoms with Gasteiger partial charge in [0.15, 0.2) is 11.2 Å². The molecule has 13 heavy (non-hydrogen) atoms. The number of aromatic amines is 1. The number of nitrogens with two attached hydrogens (primary N) is 1. The van der Waals surface area contributed by atoms with Crippen molar-refractivity contribution < 1.29 is 0 Å². The van der Waals surface area contributed by atoms with Crippen molar-refractivity contribution in [3.8, 4) is 0 Å². The van der Waals surface area contributed by atoms with E-state index in [1.165, 1.54) is 17.1 Å². The van der Waals surface area contributed by atoms with Crippen LogP contribution in [0.1, 0.15) is 0 Å². The second-order valence-electron chi connectivity index (χ2n) is 2.46. The summed E-state index contributed by atoms with van der Waals surface area (Å²) in [5.74, 6) is 0.0619. The first-order chi connectivity index (χ1) is 6.22. The Morgan fingerprint density at radius 1 is 1.69 bits per heavy atom. The molecule has 0 radical (unpaired) electrons. The molecule has 66 valence electrons. The summed E-state index contributed by atoms with van der Waals surface area (Å²) in [7, 11) is 0. The summed E-state index contributed by atoms with van der Waals surface area (Å²) >= 11 is 0. The van der Waals surface area contributed by atoms with Crippen molar-refractivity contribution >= 4 is 23.3 Å². The summed E-state index contributed by atoms with van der Waals surface area (Å²) in [6, 6.07) is 0. The van der Waals surface area contributed by atoms with Crippen molar-refractivity contribution in [3.05, 3.63) is 23.3 Å². The molecule has 2 rings (SSSR count). The van der Waals surface area contributed by atoms with E-state index in [0.717, 1.165) is 0 Å². The molecule has 2 heterocycles. The van der Waals surface area contributed by atoms with Gasteiger partial charge >= 0.3 is 0 Å². The highest BCUT2D eigenvalue weighted by molar-refractivity contribution is 5.72. The van der Waals surface area contributed by atoms with Gasteiger partial charge in [-0.15, -0.1) is 0 Å². The quantitative estimate of drug-likeness (QED) is 0.631. The number of anilines is 1. The zero-order chi connectivity index (χ0) is 9.42. The average Bonchev–Trinajstić information content (AvgIpc) is 2.47. The SMILES string of the molecule is C=Cn1cnc2nc(N)[nH]c(=O)c21. The normalized spacial score (nSPS) is 10.5. The fourth-order valence-corrected chi connectivity index (χ4v) is 1.11. The third-order valence-corrected chi connectivity index (χ3v) is 1.65. The second kappa shape index (κ2) is 2.44. The Morgan fingerprint density at radius 2 is 2.46 bits per heavy atom. The van der Waals surface area contributed by atoms with Crippen LogP contribution in [0.5, 0.6) is 0 Å². The Labute approximate surface area is 72.7 Å². The Balaban J connectivity index is 2.98. The first kappa shape index (κ1) is 7.53. The predicted molar refractivity (Wildman–Crippen MR) is 48.9 cm³/mol. The van der Waals surface area contributed by atoms with E-state index in [0.29, 0.717) is 11.2 Å². The van der Waals surface area contributed by atoms with Gasteiger partial charge in [0, 0.05) is 6.20 Å². The first-order valence-corrected chi connectivity index (χ1v) is 3.57. The molecule has 0 bridgehead atoms. The maximum absolute atomic E-state index is 11.4. The largest absolute Gasteiger partial charge is 0.369 e. The van der Waals surface area contributed by atoms with E-state index < -0.39 is 0 Å². The van der Waals surface area contributed by atoms with Crippen molar-refractivity contribution in [3.63, 3.8) is 0 Å². The fraction of sp³-hybridized carbons (Fsp3) is 0. The van der Waals surface area contributed by atoms with Crippen LogP contribution in [0.2, 0.25) is 0 Å². The third kappa shape index (κ3) is 0.994. The second-order valence-corrected chi connectivity index (χ2v) is 2.46. The average molecular weight is 177 g/mol. The topological polar surface area (TPSA) is 89.6 Å². The Kier molecular flexibility index (Phi) is 1.42. The van der Waals surface area contributed by atoms with Gasteiger partial charge in [-0.05, 0) is 0 Å². The van der Waals surface area contributed by atoms with E-state index in [4.69, 9.17) is 5.73 Å². The Hall–Kier alpha value is -2.11. The number of hydrogen-bond acceptors (Lipinski definition) is 4. The molecule has 6 heteroatoms. The number of rotatable bonds is 1. The lowest BCUT2D eigenvalue weighted by molar-refractivity contribution is 1.14. The van der Waals surface area contributed by atoms with Crippen LogP contribution in [0, 0.1) is 0 Å². The summed E-state index contributed by atoms with van der Waals surface area (Å²) in [6.45, 7) is 3.53. The third-order valence-electron chi connectivity index (χ3n) is 1.65. The van der Waals surface area contributed by atoms with Crippen LogP contribution in [-0.2, 0) is 0 Å². The van der Waals surface area contributed by atoms with Gasteiger partial charge in [0.1, 0.15) is 6.33 Å². The molecule has 6 nitrogen and oxygen atoms in total. The molecule has 0 saturated heterocycles. The van der Waals surface area contributed by atoms with Crippen LogP contribution < -0.4 is 11.3 Å². The molecule has 0 unspecified atom stereocenters. The molecular formula is C7H7N5O. The number of hydrogen-bond donors (Lipinski definition) is 2. The van der Waals surface area contributed by atoms with E-state index in [1.807, 2.05) is 0 Å². The maximum Gasteiger partial charge on any atom is 0.278 e. The van der Waals surface area contributed by atoms with Gasteiger partial charge in [-0.2, -0.15) is 4.98 Å². The molecule has 0 spiro atoms. The van der Waals surface area contributed by atoms with Crippen molar-refractivity contribution in [1.29, 1.82) is 0 Å². The summed E-state index contributed by atoms with van der Waals surface area (Å²) < 4.78 is 1.49. The highest BCUT2D eigenvalue weighted by Crippen LogP contribution is 2.04. The number of nitrogens with one attached hydrogen (secondary N) is 1. The Bertz CT molecular complexity index is 523. The van der Waals surface area contributed by atoms with Crippen molar-refractivity contribution in [2.45, 2.75) is 0 Å². The van der Waals surface area contributed by atoms with Crippen LogP contribution >= 0.6 is 0 Å². The van der Waals surface area contributed by atoms with Crippen molar-refractivity contribution in [2.24, 2.45) is 0 Å². The van der Waals surface area contributed by atoms with Crippen LogP contribution in [0.3, 0.4) is 0 Å². The van der Waals surface area contributed by atoms with Gasteiger partial charge in [0.05, 0.1) is 0 Å². The van der Waals surface area contributed by atoms with Crippen molar-refractivity contribution in [2.75, 3.05) is 5.73 Å². The van der Waals surface area contributed by atoms with E-state index in [9.17, 15) is 4.79 Å². The molecule has 2 aromatic rings. The van der Waals surface area contributed by atoms with E-state index in [2.05, 4.69) is 21.5 Å². The molecular weight excluding hydrogens is 170 g/mol. The number of aromatic nitrogens is 4. The zero-order valence-electron chi connectivity index (χ0n) is 6.69. The molecule has 2 aromatic heterocycles. The zero-order valence-corrected chi connectivity index (χ0v) is 6.69. The van der Waals surface area contributed by atoms with Crippen LogP contribution in [-0.4, -0.2) is 19.5 Å². The van der Waals surface area contributed by atoms with Gasteiger partial charge in [-0.25, -0.2) is 4.98 Å². The van der Waals surface area contributed by atoms with Gasteiger partial charge in [-0.1, -0.05) is 6.58 Å². The number of fused-ring (bicyclic) bond motifs is 1. The van der Waals surface area contributed by atoms with E-state index >= 15 is 0 Å². The lowest BCUT2D eigenvalue weighted by Crippen LogP contribution is -2.12. The van der Waals surface area contributed by atoms with Crippen molar-refractivity contribution in [1.82, 2.24) is 19.5 Å².